The van der Waals surface area contributed by atoms with Gasteiger partial charge in [0.25, 0.3) is 0 Å². The van der Waals surface area contributed by atoms with Crippen molar-refractivity contribution in [3.05, 3.63) is 12.2 Å². The van der Waals surface area contributed by atoms with Gasteiger partial charge in [0.15, 0.2) is 5.78 Å². The van der Waals surface area contributed by atoms with Crippen LogP contribution in [0.1, 0.15) is 20.3 Å². The first kappa shape index (κ1) is 10.8. The van der Waals surface area contributed by atoms with Crippen molar-refractivity contribution in [3.8, 4) is 0 Å². The van der Waals surface area contributed by atoms with Gasteiger partial charge >= 0.3 is 0 Å². The molecule has 0 spiro atoms. The SMILES string of the molecule is CC1(C)C=CC(=O)CC1C1CNCCO1. The van der Waals surface area contributed by atoms with Crippen molar-refractivity contribution >= 4 is 5.78 Å². The Bertz CT molecular complexity index is 277. The second kappa shape index (κ2) is 4.06. The van der Waals surface area contributed by atoms with Crippen molar-refractivity contribution in [2.75, 3.05) is 19.7 Å². The lowest BCUT2D eigenvalue weighted by Gasteiger charge is -2.40. The monoisotopic (exact) mass is 209 g/mol. The molecule has 2 atom stereocenters. The molecule has 2 unspecified atom stereocenters. The molecule has 1 aliphatic heterocycles. The Morgan fingerprint density at radius 3 is 3.00 bits per heavy atom. The van der Waals surface area contributed by atoms with Crippen LogP contribution < -0.4 is 5.32 Å². The van der Waals surface area contributed by atoms with Crippen molar-refractivity contribution in [1.82, 2.24) is 5.32 Å². The fraction of sp³-hybridized carbons (Fsp3) is 0.750. The molecule has 3 heteroatoms. The molecule has 0 aromatic heterocycles. The molecule has 1 N–H and O–H groups in total. The summed E-state index contributed by atoms with van der Waals surface area (Å²) < 4.78 is 5.75. The quantitative estimate of drug-likeness (QED) is 0.704. The summed E-state index contributed by atoms with van der Waals surface area (Å²) in [6.07, 6.45) is 4.55. The zero-order valence-electron chi connectivity index (χ0n) is 9.45. The molecule has 1 fully saturated rings. The molecule has 15 heavy (non-hydrogen) atoms. The van der Waals surface area contributed by atoms with E-state index in [2.05, 4.69) is 19.2 Å². The first-order chi connectivity index (χ1) is 7.09. The largest absolute Gasteiger partial charge is 0.375 e. The van der Waals surface area contributed by atoms with Gasteiger partial charge in [-0.25, -0.2) is 0 Å². The molecule has 2 aliphatic rings. The molecule has 84 valence electrons. The number of ether oxygens (including phenoxy) is 1. The van der Waals surface area contributed by atoms with Crippen LogP contribution in [0.5, 0.6) is 0 Å². The number of carbonyl (C=O) groups is 1. The minimum absolute atomic E-state index is 0.0671. The van der Waals surface area contributed by atoms with Gasteiger partial charge in [0.1, 0.15) is 0 Å². The third-order valence-corrected chi connectivity index (χ3v) is 3.48. The van der Waals surface area contributed by atoms with E-state index in [4.69, 9.17) is 4.74 Å². The van der Waals surface area contributed by atoms with Gasteiger partial charge in [-0.05, 0) is 11.5 Å². The van der Waals surface area contributed by atoms with Gasteiger partial charge in [-0.1, -0.05) is 19.9 Å². The van der Waals surface area contributed by atoms with E-state index < -0.39 is 0 Å². The molecule has 2 rings (SSSR count). The summed E-state index contributed by atoms with van der Waals surface area (Å²) in [6.45, 7) is 6.91. The van der Waals surface area contributed by atoms with E-state index in [0.717, 1.165) is 19.7 Å². The zero-order chi connectivity index (χ0) is 10.9. The van der Waals surface area contributed by atoms with Crippen LogP contribution in [0, 0.1) is 11.3 Å². The number of hydrogen-bond donors (Lipinski definition) is 1. The average Bonchev–Trinajstić information content (AvgIpc) is 2.23. The lowest BCUT2D eigenvalue weighted by molar-refractivity contribution is -0.120. The maximum atomic E-state index is 11.4. The number of morpholine rings is 1. The van der Waals surface area contributed by atoms with Crippen LogP contribution in [-0.4, -0.2) is 31.6 Å². The molecule has 0 aromatic rings. The average molecular weight is 209 g/mol. The summed E-state index contributed by atoms with van der Waals surface area (Å²) >= 11 is 0. The van der Waals surface area contributed by atoms with Crippen molar-refractivity contribution in [2.24, 2.45) is 11.3 Å². The van der Waals surface area contributed by atoms with Gasteiger partial charge < -0.3 is 10.1 Å². The Hall–Kier alpha value is -0.670. The van der Waals surface area contributed by atoms with Crippen molar-refractivity contribution < 1.29 is 9.53 Å². The van der Waals surface area contributed by atoms with Crippen LogP contribution in [0.25, 0.3) is 0 Å². The van der Waals surface area contributed by atoms with Gasteiger partial charge in [-0.3, -0.25) is 4.79 Å². The van der Waals surface area contributed by atoms with E-state index in [1.807, 2.05) is 6.08 Å². The Kier molecular flexibility index (Phi) is 2.94. The molecule has 0 radical (unpaired) electrons. The number of nitrogens with one attached hydrogen (secondary N) is 1. The van der Waals surface area contributed by atoms with Crippen LogP contribution >= 0.6 is 0 Å². The van der Waals surface area contributed by atoms with Gasteiger partial charge in [0.05, 0.1) is 12.7 Å². The van der Waals surface area contributed by atoms with Crippen LogP contribution in [0.15, 0.2) is 12.2 Å². The lowest BCUT2D eigenvalue weighted by Crippen LogP contribution is -2.48. The number of ketones is 1. The zero-order valence-corrected chi connectivity index (χ0v) is 9.45. The summed E-state index contributed by atoms with van der Waals surface area (Å²) in [5.41, 5.74) is 0.0671. The van der Waals surface area contributed by atoms with Crippen molar-refractivity contribution in [2.45, 2.75) is 26.4 Å². The number of rotatable bonds is 1. The second-order valence-corrected chi connectivity index (χ2v) is 5.04. The molecule has 1 aliphatic carbocycles. The predicted molar refractivity (Wildman–Crippen MR) is 58.6 cm³/mol. The minimum atomic E-state index is 0.0671. The van der Waals surface area contributed by atoms with E-state index in [-0.39, 0.29) is 17.3 Å². The highest BCUT2D eigenvalue weighted by molar-refractivity contribution is 5.91. The summed E-state index contributed by atoms with van der Waals surface area (Å²) in [7, 11) is 0. The van der Waals surface area contributed by atoms with E-state index in [1.165, 1.54) is 0 Å². The molecule has 0 amide bonds. The van der Waals surface area contributed by atoms with Gasteiger partial charge in [-0.2, -0.15) is 0 Å². The predicted octanol–water partition coefficient (Wildman–Crippen LogP) is 1.15. The Morgan fingerprint density at radius 1 is 1.53 bits per heavy atom. The van der Waals surface area contributed by atoms with Crippen LogP contribution in [-0.2, 0) is 9.53 Å². The molecular formula is C12H19NO2. The third kappa shape index (κ3) is 2.29. The first-order valence-electron chi connectivity index (χ1n) is 5.64. The number of allylic oxidation sites excluding steroid dienone is 2. The van der Waals surface area contributed by atoms with Crippen molar-refractivity contribution in [1.29, 1.82) is 0 Å². The van der Waals surface area contributed by atoms with E-state index in [9.17, 15) is 4.79 Å². The van der Waals surface area contributed by atoms with Crippen LogP contribution in [0.4, 0.5) is 0 Å². The Labute approximate surface area is 90.9 Å². The molecule has 3 nitrogen and oxygen atoms in total. The molecule has 1 saturated heterocycles. The topological polar surface area (TPSA) is 38.3 Å². The maximum Gasteiger partial charge on any atom is 0.155 e. The summed E-state index contributed by atoms with van der Waals surface area (Å²) in [4.78, 5) is 11.4. The molecule has 0 saturated carbocycles. The van der Waals surface area contributed by atoms with E-state index in [1.54, 1.807) is 6.08 Å². The molecule has 0 aromatic carbocycles. The van der Waals surface area contributed by atoms with E-state index in [0.29, 0.717) is 12.3 Å². The Morgan fingerprint density at radius 2 is 2.33 bits per heavy atom. The lowest BCUT2D eigenvalue weighted by atomic mass is 9.69. The summed E-state index contributed by atoms with van der Waals surface area (Å²) in [6, 6.07) is 0. The molecular weight excluding hydrogens is 190 g/mol. The standard InChI is InChI=1S/C12H19NO2/c1-12(2)4-3-9(14)7-10(12)11-8-13-5-6-15-11/h3-4,10-11,13H,5-8H2,1-2H3. The van der Waals surface area contributed by atoms with Gasteiger partial charge in [0.2, 0.25) is 0 Å². The summed E-state index contributed by atoms with van der Waals surface area (Å²) in [5, 5.41) is 3.32. The molecule has 1 heterocycles. The maximum absolute atomic E-state index is 11.4. The third-order valence-electron chi connectivity index (χ3n) is 3.48. The molecule has 0 bridgehead atoms. The van der Waals surface area contributed by atoms with Gasteiger partial charge in [-0.15, -0.1) is 0 Å². The minimum Gasteiger partial charge on any atom is -0.375 e. The highest BCUT2D eigenvalue weighted by Crippen LogP contribution is 2.38. The van der Waals surface area contributed by atoms with Crippen LogP contribution in [0.3, 0.4) is 0 Å². The highest BCUT2D eigenvalue weighted by Gasteiger charge is 2.38. The van der Waals surface area contributed by atoms with Crippen molar-refractivity contribution in [3.63, 3.8) is 0 Å². The summed E-state index contributed by atoms with van der Waals surface area (Å²) in [5.74, 6) is 0.538. The first-order valence-corrected chi connectivity index (χ1v) is 5.64. The number of hydrogen-bond acceptors (Lipinski definition) is 3. The van der Waals surface area contributed by atoms with Gasteiger partial charge in [0, 0.05) is 25.4 Å². The fourth-order valence-electron chi connectivity index (χ4n) is 2.43. The smallest absolute Gasteiger partial charge is 0.155 e. The normalized spacial score (nSPS) is 35.5. The van der Waals surface area contributed by atoms with E-state index >= 15 is 0 Å². The highest BCUT2D eigenvalue weighted by atomic mass is 16.5. The Balaban J connectivity index is 2.12. The second-order valence-electron chi connectivity index (χ2n) is 5.04. The number of carbonyl (C=O) groups excluding carboxylic acids is 1. The fourth-order valence-corrected chi connectivity index (χ4v) is 2.43. The van der Waals surface area contributed by atoms with Crippen LogP contribution in [0.2, 0.25) is 0 Å².